The molecular weight excluding hydrogens is 176 g/mol. The lowest BCUT2D eigenvalue weighted by molar-refractivity contribution is -0.119. The third-order valence-corrected chi connectivity index (χ3v) is 3.25. The third-order valence-electron chi connectivity index (χ3n) is 3.25. The van der Waals surface area contributed by atoms with Crippen LogP contribution in [0.5, 0.6) is 0 Å². The van der Waals surface area contributed by atoms with Gasteiger partial charge in [0.05, 0.1) is 6.10 Å². The van der Waals surface area contributed by atoms with Crippen molar-refractivity contribution in [1.82, 2.24) is 0 Å². The Morgan fingerprint density at radius 3 is 2.50 bits per heavy atom. The van der Waals surface area contributed by atoms with E-state index in [-0.39, 0.29) is 17.3 Å². The first-order valence-electron chi connectivity index (χ1n) is 5.21. The molecule has 0 heterocycles. The number of hydrogen-bond donors (Lipinski definition) is 1. The molecule has 80 valence electrons. The summed E-state index contributed by atoms with van der Waals surface area (Å²) in [5.41, 5.74) is 0.858. The number of Topliss-reactive ketones (excluding diaryl/α,β-unsaturated/α-hetero) is 1. The first-order valence-corrected chi connectivity index (χ1v) is 5.21. The van der Waals surface area contributed by atoms with Gasteiger partial charge in [-0.25, -0.2) is 0 Å². The first kappa shape index (κ1) is 11.4. The molecule has 2 unspecified atom stereocenters. The van der Waals surface area contributed by atoms with Crippen LogP contribution < -0.4 is 0 Å². The van der Waals surface area contributed by atoms with Crippen molar-refractivity contribution in [3.05, 3.63) is 12.2 Å². The molecular formula is C12H20O2. The maximum absolute atomic E-state index is 11.1. The van der Waals surface area contributed by atoms with Gasteiger partial charge in [0.25, 0.3) is 0 Å². The molecule has 2 nitrogen and oxygen atoms in total. The van der Waals surface area contributed by atoms with Crippen molar-refractivity contribution in [1.29, 1.82) is 0 Å². The van der Waals surface area contributed by atoms with Crippen LogP contribution in [0.25, 0.3) is 0 Å². The molecule has 0 radical (unpaired) electrons. The van der Waals surface area contributed by atoms with E-state index in [2.05, 4.69) is 20.4 Å². The zero-order valence-electron chi connectivity index (χ0n) is 9.34. The van der Waals surface area contributed by atoms with Crippen LogP contribution in [0, 0.1) is 11.3 Å². The molecule has 1 rings (SSSR count). The fourth-order valence-corrected chi connectivity index (χ4v) is 2.58. The highest BCUT2D eigenvalue weighted by molar-refractivity contribution is 5.76. The van der Waals surface area contributed by atoms with Gasteiger partial charge in [-0.15, -0.1) is 0 Å². The van der Waals surface area contributed by atoms with Crippen molar-refractivity contribution in [3.63, 3.8) is 0 Å². The first-order chi connectivity index (χ1) is 6.34. The monoisotopic (exact) mass is 196 g/mol. The molecule has 0 saturated heterocycles. The predicted octanol–water partition coefficient (Wildman–Crippen LogP) is 2.32. The minimum absolute atomic E-state index is 0.0552. The average molecular weight is 196 g/mol. The SMILES string of the molecule is C=C1C(O)CCC1C(C)(C)CC(C)=O. The number of carbonyl (C=O) groups excluding carboxylic acids is 1. The van der Waals surface area contributed by atoms with Gasteiger partial charge in [0.15, 0.2) is 0 Å². The summed E-state index contributed by atoms with van der Waals surface area (Å²) in [6.07, 6.45) is 1.97. The van der Waals surface area contributed by atoms with Crippen molar-refractivity contribution in [3.8, 4) is 0 Å². The van der Waals surface area contributed by atoms with Gasteiger partial charge < -0.3 is 9.90 Å². The van der Waals surface area contributed by atoms with Crippen LogP contribution >= 0.6 is 0 Å². The molecule has 14 heavy (non-hydrogen) atoms. The predicted molar refractivity (Wildman–Crippen MR) is 56.9 cm³/mol. The number of ketones is 1. The Kier molecular flexibility index (Phi) is 3.15. The van der Waals surface area contributed by atoms with Gasteiger partial charge in [-0.3, -0.25) is 0 Å². The minimum atomic E-state index is -0.355. The number of hydrogen-bond acceptors (Lipinski definition) is 2. The van der Waals surface area contributed by atoms with Crippen LogP contribution in [-0.4, -0.2) is 17.0 Å². The molecule has 0 aliphatic heterocycles. The average Bonchev–Trinajstić information content (AvgIpc) is 2.30. The van der Waals surface area contributed by atoms with Gasteiger partial charge in [0.1, 0.15) is 5.78 Å². The van der Waals surface area contributed by atoms with Gasteiger partial charge in [-0.2, -0.15) is 0 Å². The number of rotatable bonds is 3. The Morgan fingerprint density at radius 1 is 1.57 bits per heavy atom. The highest BCUT2D eigenvalue weighted by Crippen LogP contribution is 2.44. The van der Waals surface area contributed by atoms with Gasteiger partial charge in [0.2, 0.25) is 0 Å². The van der Waals surface area contributed by atoms with E-state index in [9.17, 15) is 9.90 Å². The van der Waals surface area contributed by atoms with Crippen molar-refractivity contribution < 1.29 is 9.90 Å². The van der Waals surface area contributed by atoms with Crippen molar-refractivity contribution in [2.75, 3.05) is 0 Å². The Bertz CT molecular complexity index is 253. The van der Waals surface area contributed by atoms with Gasteiger partial charge in [-0.1, -0.05) is 20.4 Å². The highest BCUT2D eigenvalue weighted by atomic mass is 16.3. The smallest absolute Gasteiger partial charge is 0.130 e. The normalized spacial score (nSPS) is 28.1. The van der Waals surface area contributed by atoms with Crippen molar-refractivity contribution in [2.24, 2.45) is 11.3 Å². The van der Waals surface area contributed by atoms with E-state index in [0.717, 1.165) is 18.4 Å². The molecule has 1 N–H and O–H groups in total. The third kappa shape index (κ3) is 2.24. The topological polar surface area (TPSA) is 37.3 Å². The maximum Gasteiger partial charge on any atom is 0.130 e. The molecule has 1 aliphatic rings. The van der Waals surface area contributed by atoms with Crippen molar-refractivity contribution in [2.45, 2.75) is 46.1 Å². The zero-order valence-corrected chi connectivity index (χ0v) is 9.34. The molecule has 0 bridgehead atoms. The summed E-state index contributed by atoms with van der Waals surface area (Å²) in [6, 6.07) is 0. The van der Waals surface area contributed by atoms with Crippen LogP contribution in [0.2, 0.25) is 0 Å². The lowest BCUT2D eigenvalue weighted by Crippen LogP contribution is -2.26. The molecule has 0 spiro atoms. The molecule has 1 fully saturated rings. The van der Waals surface area contributed by atoms with Gasteiger partial charge >= 0.3 is 0 Å². The Labute approximate surface area is 86.0 Å². The highest BCUT2D eigenvalue weighted by Gasteiger charge is 2.38. The van der Waals surface area contributed by atoms with Gasteiger partial charge in [0, 0.05) is 6.42 Å². The molecule has 2 atom stereocenters. The molecule has 1 aliphatic carbocycles. The lowest BCUT2D eigenvalue weighted by Gasteiger charge is -2.31. The molecule has 0 aromatic carbocycles. The van der Waals surface area contributed by atoms with E-state index in [1.807, 2.05) is 0 Å². The van der Waals surface area contributed by atoms with Crippen molar-refractivity contribution >= 4 is 5.78 Å². The summed E-state index contributed by atoms with van der Waals surface area (Å²) in [6.45, 7) is 9.72. The molecule has 0 aromatic heterocycles. The number of carbonyl (C=O) groups is 1. The summed E-state index contributed by atoms with van der Waals surface area (Å²) in [5.74, 6) is 0.505. The van der Waals surface area contributed by atoms with Crippen LogP contribution in [0.15, 0.2) is 12.2 Å². The van der Waals surface area contributed by atoms with Crippen LogP contribution in [0.1, 0.15) is 40.0 Å². The van der Waals surface area contributed by atoms with E-state index in [4.69, 9.17) is 0 Å². The summed E-state index contributed by atoms with van der Waals surface area (Å²) >= 11 is 0. The minimum Gasteiger partial charge on any atom is -0.389 e. The largest absolute Gasteiger partial charge is 0.389 e. The van der Waals surface area contributed by atoms with E-state index in [1.165, 1.54) is 0 Å². The zero-order chi connectivity index (χ0) is 10.9. The quantitative estimate of drug-likeness (QED) is 0.703. The second kappa shape index (κ2) is 3.85. The Morgan fingerprint density at radius 2 is 2.14 bits per heavy atom. The summed E-state index contributed by atoms with van der Waals surface area (Å²) in [5, 5.41) is 9.58. The van der Waals surface area contributed by atoms with E-state index in [0.29, 0.717) is 12.3 Å². The Balaban J connectivity index is 2.73. The summed E-state index contributed by atoms with van der Waals surface area (Å²) in [4.78, 5) is 11.1. The van der Waals surface area contributed by atoms with E-state index in [1.54, 1.807) is 6.92 Å². The second-order valence-electron chi connectivity index (χ2n) is 5.09. The summed E-state index contributed by atoms with van der Waals surface area (Å²) in [7, 11) is 0. The fraction of sp³-hybridized carbons (Fsp3) is 0.750. The molecule has 0 aromatic rings. The molecule has 2 heteroatoms. The Hall–Kier alpha value is -0.630. The number of aliphatic hydroxyl groups excluding tert-OH is 1. The lowest BCUT2D eigenvalue weighted by atomic mass is 9.73. The standard InChI is InChI=1S/C12H20O2/c1-8(13)7-12(3,4)10-5-6-11(14)9(10)2/h10-11,14H,2,5-7H2,1,3-4H3. The summed E-state index contributed by atoms with van der Waals surface area (Å²) < 4.78 is 0. The molecule has 1 saturated carbocycles. The number of aliphatic hydroxyl groups is 1. The maximum atomic E-state index is 11.1. The fourth-order valence-electron chi connectivity index (χ4n) is 2.58. The van der Waals surface area contributed by atoms with Crippen LogP contribution in [0.4, 0.5) is 0 Å². The second-order valence-corrected chi connectivity index (χ2v) is 5.09. The van der Waals surface area contributed by atoms with E-state index >= 15 is 0 Å². The molecule has 0 amide bonds. The van der Waals surface area contributed by atoms with Crippen LogP contribution in [-0.2, 0) is 4.79 Å². The van der Waals surface area contributed by atoms with Gasteiger partial charge in [-0.05, 0) is 36.7 Å². The van der Waals surface area contributed by atoms with E-state index < -0.39 is 0 Å². The van der Waals surface area contributed by atoms with Crippen LogP contribution in [0.3, 0.4) is 0 Å².